The number of rotatable bonds is 9. The van der Waals surface area contributed by atoms with Crippen LogP contribution in [0.4, 0.5) is 0 Å². The van der Waals surface area contributed by atoms with Crippen LogP contribution in [0.15, 0.2) is 18.2 Å². The summed E-state index contributed by atoms with van der Waals surface area (Å²) in [5, 5.41) is 3.59. The van der Waals surface area contributed by atoms with Gasteiger partial charge in [-0.25, -0.2) is 0 Å². The van der Waals surface area contributed by atoms with Crippen LogP contribution in [0.2, 0.25) is 0 Å². The Kier molecular flexibility index (Phi) is 7.41. The highest BCUT2D eigenvalue weighted by Crippen LogP contribution is 2.27. The first-order chi connectivity index (χ1) is 9.64. The minimum atomic E-state index is 0.383. The van der Waals surface area contributed by atoms with Crippen molar-refractivity contribution in [1.82, 2.24) is 5.32 Å². The largest absolute Gasteiger partial charge is 0.493 e. The van der Waals surface area contributed by atoms with Crippen molar-refractivity contribution < 1.29 is 14.2 Å². The predicted octanol–water partition coefficient (Wildman–Crippen LogP) is 2.65. The Morgan fingerprint density at radius 1 is 1.10 bits per heavy atom. The van der Waals surface area contributed by atoms with Crippen LogP contribution in [-0.4, -0.2) is 40.0 Å². The van der Waals surface area contributed by atoms with Crippen LogP contribution >= 0.6 is 0 Å². The lowest BCUT2D eigenvalue weighted by molar-refractivity contribution is 0.159. The lowest BCUT2D eigenvalue weighted by atomic mass is 10.1. The Balaban J connectivity index is 2.63. The Hall–Kier alpha value is -1.26. The number of hydrogen-bond acceptors (Lipinski definition) is 4. The molecule has 114 valence electrons. The number of nitrogens with one attached hydrogen (secondary N) is 1. The van der Waals surface area contributed by atoms with E-state index in [1.807, 2.05) is 12.1 Å². The molecule has 4 nitrogen and oxygen atoms in total. The monoisotopic (exact) mass is 281 g/mol. The van der Waals surface area contributed by atoms with Crippen LogP contribution in [0, 0.1) is 0 Å². The third-order valence-electron chi connectivity index (χ3n) is 3.37. The van der Waals surface area contributed by atoms with Gasteiger partial charge in [-0.3, -0.25) is 0 Å². The van der Waals surface area contributed by atoms with Crippen molar-refractivity contribution >= 4 is 0 Å². The number of benzene rings is 1. The van der Waals surface area contributed by atoms with Crippen LogP contribution in [0.1, 0.15) is 25.8 Å². The van der Waals surface area contributed by atoms with E-state index in [1.54, 1.807) is 21.3 Å². The fraction of sp³-hybridized carbons (Fsp3) is 0.625. The van der Waals surface area contributed by atoms with Gasteiger partial charge in [0, 0.05) is 19.2 Å². The molecule has 20 heavy (non-hydrogen) atoms. The SMILES string of the molecule is CCC(COC)NC(C)Cc1ccc(OC)c(OC)c1. The van der Waals surface area contributed by atoms with Gasteiger partial charge in [-0.05, 0) is 37.5 Å². The number of hydrogen-bond donors (Lipinski definition) is 1. The van der Waals surface area contributed by atoms with Crippen molar-refractivity contribution in [2.24, 2.45) is 0 Å². The molecule has 0 aromatic heterocycles. The second-order valence-corrected chi connectivity index (χ2v) is 5.02. The minimum absolute atomic E-state index is 0.383. The summed E-state index contributed by atoms with van der Waals surface area (Å²) in [6.07, 6.45) is 2.00. The van der Waals surface area contributed by atoms with Crippen molar-refractivity contribution in [2.75, 3.05) is 27.9 Å². The average molecular weight is 281 g/mol. The van der Waals surface area contributed by atoms with E-state index in [0.29, 0.717) is 12.1 Å². The zero-order chi connectivity index (χ0) is 15.0. The van der Waals surface area contributed by atoms with Gasteiger partial charge in [0.15, 0.2) is 11.5 Å². The summed E-state index contributed by atoms with van der Waals surface area (Å²) >= 11 is 0. The number of ether oxygens (including phenoxy) is 3. The van der Waals surface area contributed by atoms with Gasteiger partial charge in [-0.15, -0.1) is 0 Å². The summed E-state index contributed by atoms with van der Waals surface area (Å²) in [7, 11) is 5.05. The summed E-state index contributed by atoms with van der Waals surface area (Å²) < 4.78 is 15.8. The molecule has 0 aliphatic carbocycles. The smallest absolute Gasteiger partial charge is 0.160 e. The van der Waals surface area contributed by atoms with Gasteiger partial charge in [0.25, 0.3) is 0 Å². The van der Waals surface area contributed by atoms with E-state index in [-0.39, 0.29) is 0 Å². The maximum absolute atomic E-state index is 5.33. The average Bonchev–Trinajstić information content (AvgIpc) is 2.46. The third-order valence-corrected chi connectivity index (χ3v) is 3.37. The van der Waals surface area contributed by atoms with E-state index in [9.17, 15) is 0 Å². The maximum Gasteiger partial charge on any atom is 0.160 e. The molecule has 2 atom stereocenters. The van der Waals surface area contributed by atoms with E-state index >= 15 is 0 Å². The molecule has 1 rings (SSSR count). The van der Waals surface area contributed by atoms with Crippen LogP contribution < -0.4 is 14.8 Å². The maximum atomic E-state index is 5.33. The summed E-state index contributed by atoms with van der Waals surface area (Å²) in [5.74, 6) is 1.55. The van der Waals surface area contributed by atoms with E-state index in [2.05, 4.69) is 25.2 Å². The fourth-order valence-electron chi connectivity index (χ4n) is 2.31. The number of methoxy groups -OCH3 is 3. The van der Waals surface area contributed by atoms with Gasteiger partial charge < -0.3 is 19.5 Å². The van der Waals surface area contributed by atoms with Crippen molar-refractivity contribution in [2.45, 2.75) is 38.8 Å². The molecule has 1 aromatic carbocycles. The van der Waals surface area contributed by atoms with Crippen LogP contribution in [0.5, 0.6) is 11.5 Å². The van der Waals surface area contributed by atoms with Gasteiger partial charge in [-0.2, -0.15) is 0 Å². The lowest BCUT2D eigenvalue weighted by Gasteiger charge is -2.22. The lowest BCUT2D eigenvalue weighted by Crippen LogP contribution is -2.40. The minimum Gasteiger partial charge on any atom is -0.493 e. The molecule has 4 heteroatoms. The van der Waals surface area contributed by atoms with Gasteiger partial charge in [0.1, 0.15) is 0 Å². The predicted molar refractivity (Wildman–Crippen MR) is 81.8 cm³/mol. The van der Waals surface area contributed by atoms with Gasteiger partial charge in [0.2, 0.25) is 0 Å². The highest BCUT2D eigenvalue weighted by Gasteiger charge is 2.12. The Labute approximate surface area is 122 Å². The third kappa shape index (κ3) is 5.02. The fourth-order valence-corrected chi connectivity index (χ4v) is 2.31. The van der Waals surface area contributed by atoms with Crippen molar-refractivity contribution in [3.05, 3.63) is 23.8 Å². The molecule has 0 aliphatic heterocycles. The van der Waals surface area contributed by atoms with Gasteiger partial charge in [0.05, 0.1) is 20.8 Å². The van der Waals surface area contributed by atoms with E-state index in [0.717, 1.165) is 30.9 Å². The van der Waals surface area contributed by atoms with Gasteiger partial charge >= 0.3 is 0 Å². The molecule has 0 bridgehead atoms. The first-order valence-corrected chi connectivity index (χ1v) is 7.10. The van der Waals surface area contributed by atoms with E-state index in [4.69, 9.17) is 14.2 Å². The molecule has 0 amide bonds. The van der Waals surface area contributed by atoms with E-state index < -0.39 is 0 Å². The Morgan fingerprint density at radius 2 is 1.80 bits per heavy atom. The summed E-state index contributed by atoms with van der Waals surface area (Å²) in [4.78, 5) is 0. The van der Waals surface area contributed by atoms with Crippen molar-refractivity contribution in [3.63, 3.8) is 0 Å². The molecule has 0 spiro atoms. The van der Waals surface area contributed by atoms with Crippen LogP contribution in [0.25, 0.3) is 0 Å². The summed E-state index contributed by atoms with van der Waals surface area (Å²) in [6.45, 7) is 5.10. The Bertz CT molecular complexity index is 395. The zero-order valence-corrected chi connectivity index (χ0v) is 13.2. The molecule has 0 heterocycles. The Morgan fingerprint density at radius 3 is 2.35 bits per heavy atom. The van der Waals surface area contributed by atoms with Crippen molar-refractivity contribution in [3.8, 4) is 11.5 Å². The van der Waals surface area contributed by atoms with Crippen molar-refractivity contribution in [1.29, 1.82) is 0 Å². The molecule has 0 saturated carbocycles. The standard InChI is InChI=1S/C16H27NO3/c1-6-14(11-18-3)17-12(2)9-13-7-8-15(19-4)16(10-13)20-5/h7-8,10,12,14,17H,6,9,11H2,1-5H3. The first kappa shape index (κ1) is 16.8. The molecule has 1 N–H and O–H groups in total. The summed E-state index contributed by atoms with van der Waals surface area (Å²) in [6, 6.07) is 6.85. The molecule has 0 aliphatic rings. The van der Waals surface area contributed by atoms with Gasteiger partial charge in [-0.1, -0.05) is 13.0 Å². The highest BCUT2D eigenvalue weighted by atomic mass is 16.5. The molecule has 1 aromatic rings. The van der Waals surface area contributed by atoms with Crippen LogP contribution in [-0.2, 0) is 11.2 Å². The zero-order valence-electron chi connectivity index (χ0n) is 13.2. The second kappa shape index (κ2) is 8.82. The normalized spacial score (nSPS) is 13.8. The molecular formula is C16H27NO3. The molecule has 0 fully saturated rings. The molecule has 0 radical (unpaired) electrons. The topological polar surface area (TPSA) is 39.7 Å². The highest BCUT2D eigenvalue weighted by molar-refractivity contribution is 5.43. The quantitative estimate of drug-likeness (QED) is 0.755. The molecule has 2 unspecified atom stereocenters. The van der Waals surface area contributed by atoms with E-state index in [1.165, 1.54) is 5.56 Å². The summed E-state index contributed by atoms with van der Waals surface area (Å²) in [5.41, 5.74) is 1.23. The first-order valence-electron chi connectivity index (χ1n) is 7.10. The molecular weight excluding hydrogens is 254 g/mol. The molecule has 0 saturated heterocycles. The van der Waals surface area contributed by atoms with Crippen LogP contribution in [0.3, 0.4) is 0 Å². The second-order valence-electron chi connectivity index (χ2n) is 5.02.